The monoisotopic (exact) mass is 476 g/mol. The van der Waals surface area contributed by atoms with Crippen molar-refractivity contribution in [2.75, 3.05) is 13.2 Å². The van der Waals surface area contributed by atoms with E-state index >= 15 is 0 Å². The van der Waals surface area contributed by atoms with Crippen molar-refractivity contribution >= 4 is 21.9 Å². The van der Waals surface area contributed by atoms with Gasteiger partial charge in [0.1, 0.15) is 16.8 Å². The lowest BCUT2D eigenvalue weighted by Crippen LogP contribution is -2.28. The van der Waals surface area contributed by atoms with Crippen LogP contribution < -0.4 is 0 Å². The van der Waals surface area contributed by atoms with Crippen molar-refractivity contribution in [3.05, 3.63) is 40.6 Å². The van der Waals surface area contributed by atoms with Gasteiger partial charge in [-0.2, -0.15) is 5.10 Å². The number of carbonyl (C=O) groups excluding carboxylic acids is 1. The molecule has 0 amide bonds. The number of carbonyl (C=O) groups is 1. The minimum atomic E-state index is -0.460. The average molecular weight is 477 g/mol. The molecule has 1 heterocycles. The normalized spacial score (nSPS) is 19.6. The third-order valence-electron chi connectivity index (χ3n) is 5.52. The maximum atomic E-state index is 11.8. The van der Waals surface area contributed by atoms with Crippen molar-refractivity contribution in [2.24, 2.45) is 11.8 Å². The Hall–Kier alpha value is -1.66. The van der Waals surface area contributed by atoms with E-state index in [0.29, 0.717) is 18.4 Å². The molecule has 2 aromatic rings. The van der Waals surface area contributed by atoms with E-state index in [1.807, 2.05) is 26.8 Å². The summed E-state index contributed by atoms with van der Waals surface area (Å²) in [5, 5.41) is 4.79. The number of halogens is 1. The Morgan fingerprint density at radius 2 is 1.77 bits per heavy atom. The fourth-order valence-corrected chi connectivity index (χ4v) is 4.85. The maximum Gasteiger partial charge on any atom is 0.332 e. The zero-order chi connectivity index (χ0) is 21.7. The fourth-order valence-electron chi connectivity index (χ4n) is 4.11. The number of rotatable bonds is 7. The van der Waals surface area contributed by atoms with E-state index in [9.17, 15) is 4.79 Å². The molecule has 0 radical (unpaired) electrons. The molecule has 0 atom stereocenters. The smallest absolute Gasteiger partial charge is 0.332 e. The zero-order valence-corrected chi connectivity index (χ0v) is 20.1. The summed E-state index contributed by atoms with van der Waals surface area (Å²) in [7, 11) is 0. The van der Waals surface area contributed by atoms with Gasteiger partial charge >= 0.3 is 5.97 Å². The summed E-state index contributed by atoms with van der Waals surface area (Å²) in [5.74, 6) is 0.849. The van der Waals surface area contributed by atoms with Gasteiger partial charge in [-0.15, -0.1) is 0 Å². The van der Waals surface area contributed by atoms with Crippen molar-refractivity contribution in [2.45, 2.75) is 65.5 Å². The summed E-state index contributed by atoms with van der Waals surface area (Å²) in [6.45, 7) is 9.28. The SMILES string of the molecule is Cc1nn(CC2CCC(COCC(=O)OC(C)(C)C)CC2)c(Br)c1-c1ccccc1. The molecule has 1 aromatic heterocycles. The first-order valence-electron chi connectivity index (χ1n) is 10.8. The van der Waals surface area contributed by atoms with Gasteiger partial charge in [0.2, 0.25) is 0 Å². The molecule has 164 valence electrons. The molecule has 0 saturated heterocycles. The van der Waals surface area contributed by atoms with Crippen molar-refractivity contribution in [3.8, 4) is 11.1 Å². The van der Waals surface area contributed by atoms with E-state index in [0.717, 1.165) is 42.5 Å². The molecular formula is C24H33BrN2O3. The Kier molecular flexibility index (Phi) is 7.75. The Labute approximate surface area is 188 Å². The third-order valence-corrected chi connectivity index (χ3v) is 6.32. The van der Waals surface area contributed by atoms with Gasteiger partial charge in [0, 0.05) is 12.1 Å². The molecule has 1 saturated carbocycles. The number of aryl methyl sites for hydroxylation is 1. The Balaban J connectivity index is 1.46. The van der Waals surface area contributed by atoms with Gasteiger partial charge in [-0.25, -0.2) is 4.79 Å². The Morgan fingerprint density at radius 3 is 2.40 bits per heavy atom. The van der Waals surface area contributed by atoms with Crippen LogP contribution in [0, 0.1) is 18.8 Å². The maximum absolute atomic E-state index is 11.8. The standard InChI is InChI=1S/C24H33BrN2O3/c1-17-22(20-8-6-5-7-9-20)23(25)27(26-17)14-18-10-12-19(13-11-18)15-29-16-21(28)30-24(2,3)4/h5-9,18-19H,10-16H2,1-4H3. The van der Waals surface area contributed by atoms with Crippen molar-refractivity contribution in [3.63, 3.8) is 0 Å². The van der Waals surface area contributed by atoms with Crippen LogP contribution in [0.15, 0.2) is 34.9 Å². The van der Waals surface area contributed by atoms with Crippen molar-refractivity contribution in [1.82, 2.24) is 9.78 Å². The topological polar surface area (TPSA) is 53.4 Å². The minimum Gasteiger partial charge on any atom is -0.458 e. The van der Waals surface area contributed by atoms with Crippen LogP contribution in [-0.2, 0) is 20.8 Å². The first kappa shape index (κ1) is 23.0. The molecule has 0 aliphatic heterocycles. The van der Waals surface area contributed by atoms with Gasteiger partial charge in [0.25, 0.3) is 0 Å². The summed E-state index contributed by atoms with van der Waals surface area (Å²) in [4.78, 5) is 11.8. The van der Waals surface area contributed by atoms with Crippen LogP contribution in [0.5, 0.6) is 0 Å². The number of benzene rings is 1. The van der Waals surface area contributed by atoms with E-state index in [1.165, 1.54) is 11.1 Å². The lowest BCUT2D eigenvalue weighted by Gasteiger charge is -2.28. The lowest BCUT2D eigenvalue weighted by molar-refractivity contribution is -0.160. The highest BCUT2D eigenvalue weighted by molar-refractivity contribution is 9.10. The minimum absolute atomic E-state index is 0.0406. The van der Waals surface area contributed by atoms with Crippen LogP contribution in [0.3, 0.4) is 0 Å². The van der Waals surface area contributed by atoms with Crippen LogP contribution in [0.4, 0.5) is 0 Å². The number of aromatic nitrogens is 2. The predicted octanol–water partition coefficient (Wildman–Crippen LogP) is 5.79. The highest BCUT2D eigenvalue weighted by atomic mass is 79.9. The zero-order valence-electron chi connectivity index (χ0n) is 18.5. The second kappa shape index (κ2) is 10.1. The van der Waals surface area contributed by atoms with Crippen LogP contribution in [0.25, 0.3) is 11.1 Å². The molecule has 3 rings (SSSR count). The predicted molar refractivity (Wildman–Crippen MR) is 122 cm³/mol. The van der Waals surface area contributed by atoms with Gasteiger partial charge in [-0.3, -0.25) is 4.68 Å². The quantitative estimate of drug-likeness (QED) is 0.474. The van der Waals surface area contributed by atoms with E-state index in [1.54, 1.807) is 0 Å². The molecule has 1 aromatic carbocycles. The third kappa shape index (κ3) is 6.42. The van der Waals surface area contributed by atoms with E-state index in [-0.39, 0.29) is 12.6 Å². The molecule has 30 heavy (non-hydrogen) atoms. The Morgan fingerprint density at radius 1 is 1.13 bits per heavy atom. The van der Waals surface area contributed by atoms with Crippen LogP contribution in [-0.4, -0.2) is 34.6 Å². The summed E-state index contributed by atoms with van der Waals surface area (Å²) < 4.78 is 14.1. The van der Waals surface area contributed by atoms with E-state index < -0.39 is 5.60 Å². The number of hydrogen-bond donors (Lipinski definition) is 0. The van der Waals surface area contributed by atoms with E-state index in [4.69, 9.17) is 14.6 Å². The van der Waals surface area contributed by atoms with Gasteiger partial charge in [-0.05, 0) is 86.7 Å². The summed E-state index contributed by atoms with van der Waals surface area (Å²) >= 11 is 3.78. The highest BCUT2D eigenvalue weighted by Crippen LogP contribution is 2.34. The van der Waals surface area contributed by atoms with Gasteiger partial charge in [-0.1, -0.05) is 30.3 Å². The van der Waals surface area contributed by atoms with Crippen LogP contribution in [0.1, 0.15) is 52.1 Å². The molecule has 1 aliphatic carbocycles. The first-order chi connectivity index (χ1) is 14.2. The number of esters is 1. The molecule has 5 nitrogen and oxygen atoms in total. The summed E-state index contributed by atoms with van der Waals surface area (Å²) in [5.41, 5.74) is 2.97. The molecule has 0 unspecified atom stereocenters. The van der Waals surface area contributed by atoms with E-state index in [2.05, 4.69) is 51.8 Å². The number of hydrogen-bond acceptors (Lipinski definition) is 4. The average Bonchev–Trinajstić information content (AvgIpc) is 2.95. The van der Waals surface area contributed by atoms with Crippen molar-refractivity contribution < 1.29 is 14.3 Å². The number of ether oxygens (including phenoxy) is 2. The lowest BCUT2D eigenvalue weighted by atomic mass is 9.82. The van der Waals surface area contributed by atoms with Gasteiger partial charge < -0.3 is 9.47 Å². The molecule has 6 heteroatoms. The van der Waals surface area contributed by atoms with Gasteiger partial charge in [0.05, 0.1) is 12.3 Å². The largest absolute Gasteiger partial charge is 0.458 e. The fraction of sp³-hybridized carbons (Fsp3) is 0.583. The molecule has 0 spiro atoms. The molecule has 0 bridgehead atoms. The van der Waals surface area contributed by atoms with Gasteiger partial charge in [0.15, 0.2) is 0 Å². The Bertz CT molecular complexity index is 834. The molecule has 1 fully saturated rings. The van der Waals surface area contributed by atoms with Crippen molar-refractivity contribution in [1.29, 1.82) is 0 Å². The molecular weight excluding hydrogens is 444 g/mol. The molecule has 1 aliphatic rings. The summed E-state index contributed by atoms with van der Waals surface area (Å²) in [6.07, 6.45) is 4.57. The van der Waals surface area contributed by atoms with Crippen LogP contribution >= 0.6 is 15.9 Å². The first-order valence-corrected chi connectivity index (χ1v) is 11.6. The van der Waals surface area contributed by atoms with Crippen LogP contribution in [0.2, 0.25) is 0 Å². The summed E-state index contributed by atoms with van der Waals surface area (Å²) in [6, 6.07) is 10.4. The molecule has 0 N–H and O–H groups in total. The second-order valence-corrected chi connectivity index (χ2v) is 10.0. The second-order valence-electron chi connectivity index (χ2n) is 9.29. The number of nitrogens with zero attached hydrogens (tertiary/aromatic N) is 2. The highest BCUT2D eigenvalue weighted by Gasteiger charge is 2.24.